The second-order valence-electron chi connectivity index (χ2n) is 5.08. The van der Waals surface area contributed by atoms with E-state index < -0.39 is 0 Å². The molecule has 0 heterocycles. The number of benzene rings is 2. The van der Waals surface area contributed by atoms with Gasteiger partial charge in [-0.3, -0.25) is 0 Å². The van der Waals surface area contributed by atoms with Crippen LogP contribution in [0.25, 0.3) is 11.1 Å². The van der Waals surface area contributed by atoms with Crippen LogP contribution in [0.2, 0.25) is 5.32 Å². The van der Waals surface area contributed by atoms with Crippen molar-refractivity contribution in [3.63, 3.8) is 0 Å². The van der Waals surface area contributed by atoms with Gasteiger partial charge in [-0.2, -0.15) is 0 Å². The predicted octanol–water partition coefficient (Wildman–Crippen LogP) is 4.96. The summed E-state index contributed by atoms with van der Waals surface area (Å²) >= 11 is 3.07. The van der Waals surface area contributed by atoms with Gasteiger partial charge in [-0.15, -0.1) is 0 Å². The molecule has 0 N–H and O–H groups in total. The molecule has 0 saturated carbocycles. The molecule has 0 nitrogen and oxygen atoms in total. The molecule has 0 spiro atoms. The molecule has 0 aliphatic rings. The zero-order valence-corrected chi connectivity index (χ0v) is 13.3. The van der Waals surface area contributed by atoms with Gasteiger partial charge < -0.3 is 0 Å². The Morgan fingerprint density at radius 3 is 1.89 bits per heavy atom. The Hall–Kier alpha value is -1.04. The van der Waals surface area contributed by atoms with Crippen LogP contribution in [0.4, 0.5) is 0 Å². The van der Waals surface area contributed by atoms with E-state index in [4.69, 9.17) is 0 Å². The topological polar surface area (TPSA) is 0 Å². The van der Waals surface area contributed by atoms with E-state index in [1.807, 2.05) is 0 Å². The van der Waals surface area contributed by atoms with E-state index in [1.54, 1.807) is 0 Å². The summed E-state index contributed by atoms with van der Waals surface area (Å²) in [6, 6.07) is 17.8. The van der Waals surface area contributed by atoms with Crippen molar-refractivity contribution in [1.29, 1.82) is 0 Å². The third kappa shape index (κ3) is 4.53. The molecule has 19 heavy (non-hydrogen) atoms. The molecule has 1 radical (unpaired) electrons. The molecule has 2 aromatic carbocycles. The van der Waals surface area contributed by atoms with E-state index in [9.17, 15) is 0 Å². The Balaban J connectivity index is 1.96. The van der Waals surface area contributed by atoms with Gasteiger partial charge in [-0.25, -0.2) is 0 Å². The SMILES string of the molecule is Cc1ccc(-c2ccc(CCCCC[Se])cc2)cc1. The van der Waals surface area contributed by atoms with Crippen molar-refractivity contribution in [1.82, 2.24) is 0 Å². The molecular formula is C18H21Se. The fourth-order valence-corrected chi connectivity index (χ4v) is 2.65. The molecule has 0 unspecified atom stereocenters. The third-order valence-electron chi connectivity index (χ3n) is 3.45. The molecular weight excluding hydrogens is 295 g/mol. The Morgan fingerprint density at radius 1 is 0.737 bits per heavy atom. The fourth-order valence-electron chi connectivity index (χ4n) is 2.22. The quantitative estimate of drug-likeness (QED) is 0.522. The maximum absolute atomic E-state index is 3.07. The second kappa shape index (κ2) is 7.52. The molecule has 0 aliphatic carbocycles. The zero-order valence-electron chi connectivity index (χ0n) is 11.6. The molecule has 2 rings (SSSR count). The molecule has 2 aromatic rings. The molecule has 1 heteroatoms. The van der Waals surface area contributed by atoms with E-state index in [0.717, 1.165) is 0 Å². The first-order chi connectivity index (χ1) is 9.29. The first kappa shape index (κ1) is 14.4. The van der Waals surface area contributed by atoms with Crippen molar-refractivity contribution in [3.8, 4) is 11.1 Å². The van der Waals surface area contributed by atoms with Crippen molar-refractivity contribution < 1.29 is 0 Å². The van der Waals surface area contributed by atoms with Crippen LogP contribution in [0.3, 0.4) is 0 Å². The monoisotopic (exact) mass is 317 g/mol. The van der Waals surface area contributed by atoms with Crippen LogP contribution in [0, 0.1) is 6.92 Å². The molecule has 0 fully saturated rings. The van der Waals surface area contributed by atoms with Crippen molar-refractivity contribution in [2.45, 2.75) is 37.9 Å². The van der Waals surface area contributed by atoms with Crippen molar-refractivity contribution in [3.05, 3.63) is 59.7 Å². The molecule has 0 saturated heterocycles. The van der Waals surface area contributed by atoms with E-state index in [0.29, 0.717) is 0 Å². The van der Waals surface area contributed by atoms with Gasteiger partial charge in [0.05, 0.1) is 0 Å². The van der Waals surface area contributed by atoms with Crippen LogP contribution in [0.5, 0.6) is 0 Å². The minimum absolute atomic E-state index is 1.19. The van der Waals surface area contributed by atoms with Crippen molar-refractivity contribution in [2.24, 2.45) is 0 Å². The van der Waals surface area contributed by atoms with Crippen LogP contribution >= 0.6 is 0 Å². The van der Waals surface area contributed by atoms with E-state index in [-0.39, 0.29) is 0 Å². The average molecular weight is 316 g/mol. The van der Waals surface area contributed by atoms with Gasteiger partial charge in [-0.05, 0) is 6.92 Å². The molecule has 0 aromatic heterocycles. The predicted molar refractivity (Wildman–Crippen MR) is 84.7 cm³/mol. The molecule has 0 aliphatic heterocycles. The Morgan fingerprint density at radius 2 is 1.32 bits per heavy atom. The van der Waals surface area contributed by atoms with Crippen molar-refractivity contribution >= 4 is 16.0 Å². The first-order valence-electron chi connectivity index (χ1n) is 7.03. The van der Waals surface area contributed by atoms with Gasteiger partial charge in [0.25, 0.3) is 0 Å². The summed E-state index contributed by atoms with van der Waals surface area (Å²) in [5, 5.41) is 1.19. The summed E-state index contributed by atoms with van der Waals surface area (Å²) in [7, 11) is 0. The number of hydrogen-bond donors (Lipinski definition) is 0. The van der Waals surface area contributed by atoms with Crippen LogP contribution in [-0.4, -0.2) is 16.0 Å². The van der Waals surface area contributed by atoms with Crippen molar-refractivity contribution in [2.75, 3.05) is 0 Å². The Bertz CT molecular complexity index is 482. The Labute approximate surface area is 125 Å². The van der Waals surface area contributed by atoms with Gasteiger partial charge in [0, 0.05) is 0 Å². The summed E-state index contributed by atoms with van der Waals surface area (Å²) in [5.41, 5.74) is 5.38. The summed E-state index contributed by atoms with van der Waals surface area (Å²) in [6.45, 7) is 2.13. The average Bonchev–Trinajstić information content (AvgIpc) is 2.45. The van der Waals surface area contributed by atoms with Crippen LogP contribution in [-0.2, 0) is 6.42 Å². The van der Waals surface area contributed by atoms with Gasteiger partial charge in [0.15, 0.2) is 0 Å². The summed E-state index contributed by atoms with van der Waals surface area (Å²) < 4.78 is 0. The van der Waals surface area contributed by atoms with Gasteiger partial charge in [-0.1, -0.05) is 5.56 Å². The number of unbranched alkanes of at least 4 members (excludes halogenated alkanes) is 2. The molecule has 0 bridgehead atoms. The standard InChI is InChI=1S/C18H21Se/c1-15-6-10-17(11-7-15)18-12-8-16(9-13-18)5-3-2-4-14-19/h6-13H,2-5,14H2,1H3. The fraction of sp³-hybridized carbons (Fsp3) is 0.333. The molecule has 0 amide bonds. The number of rotatable bonds is 6. The normalized spacial score (nSPS) is 10.6. The minimum atomic E-state index is 1.19. The van der Waals surface area contributed by atoms with E-state index in [1.165, 1.54) is 53.3 Å². The first-order valence-corrected chi connectivity index (χ1v) is 8.25. The third-order valence-corrected chi connectivity index (χ3v) is 4.05. The van der Waals surface area contributed by atoms with Crippen LogP contribution < -0.4 is 0 Å². The number of hydrogen-bond acceptors (Lipinski definition) is 0. The van der Waals surface area contributed by atoms with Gasteiger partial charge in [0.1, 0.15) is 0 Å². The van der Waals surface area contributed by atoms with Gasteiger partial charge in [0.2, 0.25) is 0 Å². The van der Waals surface area contributed by atoms with Gasteiger partial charge >= 0.3 is 112 Å². The molecule has 99 valence electrons. The zero-order chi connectivity index (χ0) is 13.5. The summed E-state index contributed by atoms with van der Waals surface area (Å²) in [5.74, 6) is 0. The summed E-state index contributed by atoms with van der Waals surface area (Å²) in [6.07, 6.45) is 5.13. The summed E-state index contributed by atoms with van der Waals surface area (Å²) in [4.78, 5) is 0. The van der Waals surface area contributed by atoms with E-state index in [2.05, 4.69) is 71.5 Å². The maximum atomic E-state index is 3.07. The van der Waals surface area contributed by atoms with Crippen LogP contribution in [0.15, 0.2) is 48.5 Å². The second-order valence-corrected chi connectivity index (χ2v) is 5.93. The number of aryl methyl sites for hydroxylation is 2. The van der Waals surface area contributed by atoms with Crippen LogP contribution in [0.1, 0.15) is 30.4 Å². The van der Waals surface area contributed by atoms with E-state index >= 15 is 0 Å². The Kier molecular flexibility index (Phi) is 5.69. The molecule has 0 atom stereocenters.